The first kappa shape index (κ1) is 9.73. The number of nitrogens with zero attached hydrogens (tertiary/aromatic N) is 2. The zero-order valence-electron chi connectivity index (χ0n) is 7.82. The smallest absolute Gasteiger partial charge is 0.239 e. The molecule has 0 radical (unpaired) electrons. The highest BCUT2D eigenvalue weighted by Crippen LogP contribution is 2.04. The first-order valence-corrected chi connectivity index (χ1v) is 4.01. The lowest BCUT2D eigenvalue weighted by Crippen LogP contribution is -2.52. The van der Waals surface area contributed by atoms with Crippen molar-refractivity contribution in [3.63, 3.8) is 0 Å². The van der Waals surface area contributed by atoms with Crippen molar-refractivity contribution >= 4 is 5.91 Å². The summed E-state index contributed by atoms with van der Waals surface area (Å²) >= 11 is 0. The van der Waals surface area contributed by atoms with Crippen molar-refractivity contribution in [2.45, 2.75) is 25.9 Å². The van der Waals surface area contributed by atoms with E-state index in [-0.39, 0.29) is 0 Å². The average Bonchev–Trinajstić information content (AvgIpc) is 2.35. The lowest BCUT2D eigenvalue weighted by molar-refractivity contribution is -0.123. The highest BCUT2D eigenvalue weighted by atomic mass is 16.1. The van der Waals surface area contributed by atoms with Crippen molar-refractivity contribution in [3.8, 4) is 0 Å². The van der Waals surface area contributed by atoms with Crippen LogP contribution in [-0.4, -0.2) is 21.2 Å². The van der Waals surface area contributed by atoms with Gasteiger partial charge in [0.25, 0.3) is 0 Å². The summed E-state index contributed by atoms with van der Waals surface area (Å²) in [5, 5.41) is 4.01. The normalized spacial score (nSPS) is 15.3. The molecule has 1 atom stereocenters. The molecule has 1 rings (SSSR count). The standard InChI is InChI=1S/C8H14N4O/c1-6-3-4-11-12(6)5-8(2,10)7(9)13/h3-4H,5,10H2,1-2H3,(H2,9,13). The fraction of sp³-hybridized carbons (Fsp3) is 0.500. The SMILES string of the molecule is Cc1ccnn1CC(C)(N)C(N)=O. The molecular formula is C8H14N4O. The Bertz CT molecular complexity index is 316. The second-order valence-electron chi connectivity index (χ2n) is 3.41. The summed E-state index contributed by atoms with van der Waals surface area (Å²) in [7, 11) is 0. The van der Waals surface area contributed by atoms with Crippen LogP contribution in [0.4, 0.5) is 0 Å². The van der Waals surface area contributed by atoms with E-state index in [1.54, 1.807) is 17.8 Å². The Morgan fingerprint density at radius 2 is 2.38 bits per heavy atom. The van der Waals surface area contributed by atoms with E-state index in [9.17, 15) is 4.79 Å². The number of primary amides is 1. The van der Waals surface area contributed by atoms with Crippen molar-refractivity contribution in [1.82, 2.24) is 9.78 Å². The van der Waals surface area contributed by atoms with Gasteiger partial charge in [-0.2, -0.15) is 5.10 Å². The summed E-state index contributed by atoms with van der Waals surface area (Å²) in [5.74, 6) is -0.526. The molecule has 1 aromatic heterocycles. The topological polar surface area (TPSA) is 86.9 Å². The highest BCUT2D eigenvalue weighted by molar-refractivity contribution is 5.83. The van der Waals surface area contributed by atoms with Crippen LogP contribution in [0.1, 0.15) is 12.6 Å². The van der Waals surface area contributed by atoms with Crippen LogP contribution in [0.3, 0.4) is 0 Å². The van der Waals surface area contributed by atoms with Crippen molar-refractivity contribution in [3.05, 3.63) is 18.0 Å². The molecule has 4 N–H and O–H groups in total. The minimum atomic E-state index is -1.04. The van der Waals surface area contributed by atoms with Gasteiger partial charge in [-0.3, -0.25) is 9.48 Å². The summed E-state index contributed by atoms with van der Waals surface area (Å²) in [4.78, 5) is 10.9. The molecule has 5 nitrogen and oxygen atoms in total. The molecular weight excluding hydrogens is 168 g/mol. The van der Waals surface area contributed by atoms with E-state index in [1.165, 1.54) is 0 Å². The van der Waals surface area contributed by atoms with Crippen LogP contribution in [0, 0.1) is 6.92 Å². The van der Waals surface area contributed by atoms with E-state index < -0.39 is 11.4 Å². The van der Waals surface area contributed by atoms with Crippen LogP contribution in [0.15, 0.2) is 12.3 Å². The fourth-order valence-electron chi connectivity index (χ4n) is 0.953. The molecule has 72 valence electrons. The molecule has 5 heteroatoms. The van der Waals surface area contributed by atoms with Crippen LogP contribution in [-0.2, 0) is 11.3 Å². The van der Waals surface area contributed by atoms with Gasteiger partial charge in [0.1, 0.15) is 5.54 Å². The third-order valence-electron chi connectivity index (χ3n) is 1.97. The van der Waals surface area contributed by atoms with E-state index in [0.29, 0.717) is 6.54 Å². The van der Waals surface area contributed by atoms with Crippen LogP contribution in [0.25, 0.3) is 0 Å². The maximum atomic E-state index is 10.9. The quantitative estimate of drug-likeness (QED) is 0.654. The monoisotopic (exact) mass is 182 g/mol. The highest BCUT2D eigenvalue weighted by Gasteiger charge is 2.26. The van der Waals surface area contributed by atoms with Crippen molar-refractivity contribution in [2.75, 3.05) is 0 Å². The lowest BCUT2D eigenvalue weighted by Gasteiger charge is -2.20. The van der Waals surface area contributed by atoms with E-state index in [4.69, 9.17) is 11.5 Å². The van der Waals surface area contributed by atoms with Gasteiger partial charge in [0.05, 0.1) is 6.54 Å². The molecule has 0 bridgehead atoms. The zero-order chi connectivity index (χ0) is 10.1. The molecule has 0 saturated heterocycles. The van der Waals surface area contributed by atoms with Gasteiger partial charge in [0.15, 0.2) is 0 Å². The first-order chi connectivity index (χ1) is 5.93. The molecule has 0 aliphatic carbocycles. The predicted molar refractivity (Wildman–Crippen MR) is 48.8 cm³/mol. The maximum Gasteiger partial charge on any atom is 0.239 e. The van der Waals surface area contributed by atoms with Gasteiger partial charge in [0, 0.05) is 11.9 Å². The third-order valence-corrected chi connectivity index (χ3v) is 1.97. The van der Waals surface area contributed by atoms with Gasteiger partial charge in [-0.1, -0.05) is 0 Å². The molecule has 1 aromatic rings. The summed E-state index contributed by atoms with van der Waals surface area (Å²) in [6.07, 6.45) is 1.66. The number of carbonyl (C=O) groups excluding carboxylic acids is 1. The zero-order valence-corrected chi connectivity index (χ0v) is 7.82. The molecule has 0 aliphatic rings. The predicted octanol–water partition coefficient (Wildman–Crippen LogP) is -0.606. The molecule has 0 spiro atoms. The number of aromatic nitrogens is 2. The van der Waals surface area contributed by atoms with Crippen molar-refractivity contribution in [1.29, 1.82) is 0 Å². The van der Waals surface area contributed by atoms with Crippen LogP contribution < -0.4 is 11.5 Å². The molecule has 1 amide bonds. The Kier molecular flexibility index (Phi) is 2.38. The molecule has 13 heavy (non-hydrogen) atoms. The van der Waals surface area contributed by atoms with Gasteiger partial charge in [-0.05, 0) is 19.9 Å². The van der Waals surface area contributed by atoms with E-state index in [0.717, 1.165) is 5.69 Å². The summed E-state index contributed by atoms with van der Waals surface area (Å²) in [6.45, 7) is 3.79. The fourth-order valence-corrected chi connectivity index (χ4v) is 0.953. The number of hydrogen-bond acceptors (Lipinski definition) is 3. The van der Waals surface area contributed by atoms with Crippen molar-refractivity contribution in [2.24, 2.45) is 11.5 Å². The molecule has 0 fully saturated rings. The lowest BCUT2D eigenvalue weighted by atomic mass is 10.0. The minimum absolute atomic E-state index is 0.307. The van der Waals surface area contributed by atoms with Crippen LogP contribution in [0.2, 0.25) is 0 Å². The Balaban J connectivity index is 2.80. The second-order valence-corrected chi connectivity index (χ2v) is 3.41. The number of aryl methyl sites for hydroxylation is 1. The average molecular weight is 182 g/mol. The molecule has 0 saturated carbocycles. The van der Waals surface area contributed by atoms with Gasteiger partial charge >= 0.3 is 0 Å². The second kappa shape index (κ2) is 3.18. The maximum absolute atomic E-state index is 10.9. The number of amides is 1. The Morgan fingerprint density at radius 3 is 2.77 bits per heavy atom. The summed E-state index contributed by atoms with van der Waals surface area (Å²) in [6, 6.07) is 1.84. The largest absolute Gasteiger partial charge is 0.368 e. The van der Waals surface area contributed by atoms with E-state index in [1.807, 2.05) is 13.0 Å². The third kappa shape index (κ3) is 2.06. The van der Waals surface area contributed by atoms with Gasteiger partial charge in [-0.15, -0.1) is 0 Å². The van der Waals surface area contributed by atoms with Crippen LogP contribution in [0.5, 0.6) is 0 Å². The summed E-state index contributed by atoms with van der Waals surface area (Å²) < 4.78 is 1.66. The Labute approximate surface area is 76.7 Å². The first-order valence-electron chi connectivity index (χ1n) is 4.01. The van der Waals surface area contributed by atoms with Crippen molar-refractivity contribution < 1.29 is 4.79 Å². The molecule has 1 heterocycles. The van der Waals surface area contributed by atoms with E-state index >= 15 is 0 Å². The van der Waals surface area contributed by atoms with Crippen LogP contribution >= 0.6 is 0 Å². The number of carbonyl (C=O) groups is 1. The summed E-state index contributed by atoms with van der Waals surface area (Å²) in [5.41, 5.74) is 10.7. The number of nitrogens with two attached hydrogens (primary N) is 2. The van der Waals surface area contributed by atoms with Gasteiger partial charge < -0.3 is 11.5 Å². The van der Waals surface area contributed by atoms with Gasteiger partial charge in [0.2, 0.25) is 5.91 Å². The Hall–Kier alpha value is -1.36. The number of hydrogen-bond donors (Lipinski definition) is 2. The Morgan fingerprint density at radius 1 is 1.77 bits per heavy atom. The number of rotatable bonds is 3. The minimum Gasteiger partial charge on any atom is -0.368 e. The van der Waals surface area contributed by atoms with Gasteiger partial charge in [-0.25, -0.2) is 0 Å². The molecule has 1 unspecified atom stereocenters. The van der Waals surface area contributed by atoms with E-state index in [2.05, 4.69) is 5.10 Å². The molecule has 0 aliphatic heterocycles. The molecule has 0 aromatic carbocycles.